The lowest BCUT2D eigenvalue weighted by Crippen LogP contribution is -2.49. The minimum atomic E-state index is -4.56. The summed E-state index contributed by atoms with van der Waals surface area (Å²) in [6.07, 6.45) is -6.52. The molecule has 0 unspecified atom stereocenters. The van der Waals surface area contributed by atoms with Crippen molar-refractivity contribution in [2.75, 3.05) is 38.7 Å². The molecule has 0 radical (unpaired) electrons. The van der Waals surface area contributed by atoms with Gasteiger partial charge in [0.15, 0.2) is 0 Å². The SMILES string of the molecule is COC(=O)N[C@H](C(=O)Nc1cccc(F)c1CC[C@@H]1CN[C@H](COC(=O)NCC(F)(F)F)CO1)C(c1ccc(Cl)cc1)c1ccc(Cl)cc1. The van der Waals surface area contributed by atoms with E-state index in [2.05, 4.69) is 16.0 Å². The number of methoxy groups -OCH3 is 1. The Morgan fingerprint density at radius 2 is 1.61 bits per heavy atom. The van der Waals surface area contributed by atoms with Crippen LogP contribution in [0.3, 0.4) is 0 Å². The molecule has 0 aromatic heterocycles. The van der Waals surface area contributed by atoms with Crippen LogP contribution in [-0.4, -0.2) is 75.9 Å². The van der Waals surface area contributed by atoms with Gasteiger partial charge in [0.2, 0.25) is 5.91 Å². The summed E-state index contributed by atoms with van der Waals surface area (Å²) in [7, 11) is 1.17. The van der Waals surface area contributed by atoms with Gasteiger partial charge in [0.05, 0.1) is 25.9 Å². The molecule has 3 amide bonds. The molecule has 49 heavy (non-hydrogen) atoms. The van der Waals surface area contributed by atoms with Crippen molar-refractivity contribution in [2.45, 2.75) is 43.1 Å². The maximum absolute atomic E-state index is 15.2. The molecule has 16 heteroatoms. The van der Waals surface area contributed by atoms with E-state index in [4.69, 9.17) is 37.4 Å². The molecule has 264 valence electrons. The number of hydrogen-bond acceptors (Lipinski definition) is 7. The van der Waals surface area contributed by atoms with Crippen LogP contribution in [0.25, 0.3) is 0 Å². The van der Waals surface area contributed by atoms with Crippen molar-refractivity contribution < 1.29 is 46.2 Å². The molecule has 3 atom stereocenters. The number of hydrogen-bond donors (Lipinski definition) is 4. The van der Waals surface area contributed by atoms with Crippen LogP contribution in [0.1, 0.15) is 29.0 Å². The monoisotopic (exact) mass is 728 g/mol. The average Bonchev–Trinajstić information content (AvgIpc) is 3.07. The minimum Gasteiger partial charge on any atom is -0.453 e. The molecular formula is C33H34Cl2F4N4O6. The predicted octanol–water partition coefficient (Wildman–Crippen LogP) is 6.21. The molecule has 1 heterocycles. The van der Waals surface area contributed by atoms with E-state index in [0.717, 1.165) is 0 Å². The Morgan fingerprint density at radius 3 is 2.16 bits per heavy atom. The lowest BCUT2D eigenvalue weighted by molar-refractivity contribution is -0.124. The zero-order valence-corrected chi connectivity index (χ0v) is 27.6. The molecule has 4 N–H and O–H groups in total. The molecule has 0 spiro atoms. The largest absolute Gasteiger partial charge is 0.453 e. The molecule has 1 aliphatic heterocycles. The molecule has 1 saturated heterocycles. The number of alkyl halides is 3. The van der Waals surface area contributed by atoms with Gasteiger partial charge in [-0.1, -0.05) is 53.5 Å². The van der Waals surface area contributed by atoms with Crippen molar-refractivity contribution in [3.05, 3.63) is 99.3 Å². The van der Waals surface area contributed by atoms with E-state index >= 15 is 4.39 Å². The highest BCUT2D eigenvalue weighted by Crippen LogP contribution is 2.32. The first-order chi connectivity index (χ1) is 23.3. The summed E-state index contributed by atoms with van der Waals surface area (Å²) in [5.74, 6) is -1.95. The van der Waals surface area contributed by atoms with Crippen molar-refractivity contribution in [1.29, 1.82) is 0 Å². The summed E-state index contributed by atoms with van der Waals surface area (Å²) in [6.45, 7) is -1.33. The van der Waals surface area contributed by atoms with E-state index in [1.165, 1.54) is 19.2 Å². The normalized spacial score (nSPS) is 16.8. The van der Waals surface area contributed by atoms with Crippen LogP contribution in [0.5, 0.6) is 0 Å². The first kappa shape index (κ1) is 37.7. The molecule has 0 saturated carbocycles. The average molecular weight is 730 g/mol. The van der Waals surface area contributed by atoms with Crippen molar-refractivity contribution in [1.82, 2.24) is 16.0 Å². The standard InChI is InChI=1S/C33H34Cl2F4N4O6/c1-47-32(46)43-29(28(19-5-9-21(34)10-6-19)20-7-11-22(35)12-8-20)30(44)42-27-4-2-3-26(36)25(27)14-13-24-15-40-23(16-48-24)17-49-31(45)41-18-33(37,38)39/h2-12,23-24,28-29,40H,13-18H2,1H3,(H,41,45)(H,42,44)(H,43,46)/t23-,24+,29-/m0/s1. The fourth-order valence-corrected chi connectivity index (χ4v) is 5.46. The molecular weight excluding hydrogens is 695 g/mol. The van der Waals surface area contributed by atoms with Crippen LogP contribution >= 0.6 is 23.2 Å². The summed E-state index contributed by atoms with van der Waals surface area (Å²) >= 11 is 12.3. The summed E-state index contributed by atoms with van der Waals surface area (Å²) in [5.41, 5.74) is 1.69. The Balaban J connectivity index is 1.45. The topological polar surface area (TPSA) is 127 Å². The zero-order valence-electron chi connectivity index (χ0n) is 26.1. The smallest absolute Gasteiger partial charge is 0.407 e. The van der Waals surface area contributed by atoms with E-state index in [0.29, 0.717) is 34.1 Å². The molecule has 3 aromatic carbocycles. The van der Waals surface area contributed by atoms with Gasteiger partial charge in [-0.15, -0.1) is 0 Å². The number of amides is 3. The van der Waals surface area contributed by atoms with Gasteiger partial charge in [-0.05, 0) is 60.4 Å². The highest BCUT2D eigenvalue weighted by atomic mass is 35.5. The number of halogens is 6. The number of anilines is 1. The second kappa shape index (κ2) is 17.5. The number of ether oxygens (including phenoxy) is 3. The van der Waals surface area contributed by atoms with Crippen LogP contribution in [0, 0.1) is 5.82 Å². The van der Waals surface area contributed by atoms with Gasteiger partial charge in [0, 0.05) is 33.8 Å². The Kier molecular flexibility index (Phi) is 13.5. The summed E-state index contributed by atoms with van der Waals surface area (Å²) in [5, 5.41) is 11.1. The van der Waals surface area contributed by atoms with Crippen molar-refractivity contribution >= 4 is 47.0 Å². The van der Waals surface area contributed by atoms with Gasteiger partial charge in [-0.25, -0.2) is 14.0 Å². The number of nitrogens with one attached hydrogen (secondary N) is 4. The Morgan fingerprint density at radius 1 is 0.980 bits per heavy atom. The molecule has 1 fully saturated rings. The van der Waals surface area contributed by atoms with Crippen LogP contribution in [0.4, 0.5) is 32.8 Å². The van der Waals surface area contributed by atoms with E-state index in [1.807, 2.05) is 0 Å². The number of rotatable bonds is 12. The zero-order chi connectivity index (χ0) is 35.6. The Bertz CT molecular complexity index is 1530. The first-order valence-electron chi connectivity index (χ1n) is 15.1. The second-order valence-electron chi connectivity index (χ2n) is 11.1. The number of carbonyl (C=O) groups excluding carboxylic acids is 3. The maximum atomic E-state index is 15.2. The van der Waals surface area contributed by atoms with E-state index in [-0.39, 0.29) is 37.0 Å². The van der Waals surface area contributed by atoms with E-state index < -0.39 is 54.6 Å². The third-order valence-electron chi connectivity index (χ3n) is 7.64. The fourth-order valence-electron chi connectivity index (χ4n) is 5.21. The summed E-state index contributed by atoms with van der Waals surface area (Å²) in [6, 6.07) is 16.1. The number of alkyl carbamates (subject to hydrolysis) is 2. The molecule has 3 aromatic rings. The summed E-state index contributed by atoms with van der Waals surface area (Å²) < 4.78 is 67.5. The highest BCUT2D eigenvalue weighted by Gasteiger charge is 2.34. The van der Waals surface area contributed by atoms with Crippen LogP contribution in [0.2, 0.25) is 10.0 Å². The third-order valence-corrected chi connectivity index (χ3v) is 8.15. The second-order valence-corrected chi connectivity index (χ2v) is 12.0. The number of benzene rings is 3. The van der Waals surface area contributed by atoms with E-state index in [1.54, 1.807) is 59.9 Å². The maximum Gasteiger partial charge on any atom is 0.407 e. The molecule has 0 aliphatic carbocycles. The van der Waals surface area contributed by atoms with Crippen LogP contribution in [0.15, 0.2) is 66.7 Å². The van der Waals surface area contributed by atoms with E-state index in [9.17, 15) is 27.6 Å². The van der Waals surface area contributed by atoms with Crippen molar-refractivity contribution in [3.8, 4) is 0 Å². The lowest BCUT2D eigenvalue weighted by Gasteiger charge is -2.30. The number of carbonyl (C=O) groups is 3. The lowest BCUT2D eigenvalue weighted by atomic mass is 9.84. The third kappa shape index (κ3) is 11.5. The quantitative estimate of drug-likeness (QED) is 0.164. The predicted molar refractivity (Wildman–Crippen MR) is 174 cm³/mol. The van der Waals surface area contributed by atoms with Gasteiger partial charge in [0.1, 0.15) is 25.0 Å². The molecule has 1 aliphatic rings. The Labute approximate surface area is 289 Å². The van der Waals surface area contributed by atoms with Crippen LogP contribution in [-0.2, 0) is 25.4 Å². The molecule has 0 bridgehead atoms. The highest BCUT2D eigenvalue weighted by molar-refractivity contribution is 6.30. The van der Waals surface area contributed by atoms with Crippen molar-refractivity contribution in [2.24, 2.45) is 0 Å². The Hall–Kier alpha value is -4.11. The summed E-state index contributed by atoms with van der Waals surface area (Å²) in [4.78, 5) is 38.0. The van der Waals surface area contributed by atoms with Gasteiger partial charge < -0.3 is 35.5 Å². The molecule has 4 rings (SSSR count). The van der Waals surface area contributed by atoms with Crippen molar-refractivity contribution in [3.63, 3.8) is 0 Å². The number of morpholine rings is 1. The van der Waals surface area contributed by atoms with Gasteiger partial charge in [-0.3, -0.25) is 4.79 Å². The van der Waals surface area contributed by atoms with Gasteiger partial charge in [0.25, 0.3) is 0 Å². The van der Waals surface area contributed by atoms with Gasteiger partial charge >= 0.3 is 18.4 Å². The van der Waals surface area contributed by atoms with Gasteiger partial charge in [-0.2, -0.15) is 13.2 Å². The van der Waals surface area contributed by atoms with Crippen LogP contribution < -0.4 is 21.3 Å². The first-order valence-corrected chi connectivity index (χ1v) is 15.8. The molecule has 10 nitrogen and oxygen atoms in total. The minimum absolute atomic E-state index is 0.0930. The fraction of sp³-hybridized carbons (Fsp3) is 0.364.